The van der Waals surface area contributed by atoms with Crippen molar-refractivity contribution in [2.45, 2.75) is 26.7 Å². The van der Waals surface area contributed by atoms with Crippen LogP contribution in [0.5, 0.6) is 0 Å². The van der Waals surface area contributed by atoms with Crippen LogP contribution in [0.15, 0.2) is 24.3 Å². The van der Waals surface area contributed by atoms with Gasteiger partial charge in [-0.05, 0) is 30.1 Å². The van der Waals surface area contributed by atoms with E-state index in [1.54, 1.807) is 6.08 Å². The minimum absolute atomic E-state index is 0.147. The first-order valence-electron chi connectivity index (χ1n) is 5.55. The van der Waals surface area contributed by atoms with Gasteiger partial charge >= 0.3 is 5.97 Å². The van der Waals surface area contributed by atoms with Crippen molar-refractivity contribution in [3.63, 3.8) is 0 Å². The minimum Gasteiger partial charge on any atom is -0.458 e. The Morgan fingerprint density at radius 2 is 2.47 bits per heavy atom. The molecule has 3 aliphatic carbocycles. The molecule has 82 valence electrons. The number of hydrogen-bond acceptors (Lipinski definition) is 2. The van der Waals surface area contributed by atoms with Gasteiger partial charge in [-0.1, -0.05) is 32.6 Å². The third-order valence-electron chi connectivity index (χ3n) is 4.04. The van der Waals surface area contributed by atoms with Crippen molar-refractivity contribution >= 4 is 5.97 Å². The fraction of sp³-hybridized carbons (Fsp3) is 0.615. The van der Waals surface area contributed by atoms with E-state index in [1.807, 2.05) is 0 Å². The highest BCUT2D eigenvalue weighted by Gasteiger charge is 2.52. The van der Waals surface area contributed by atoms with Gasteiger partial charge in [-0.3, -0.25) is 0 Å². The summed E-state index contributed by atoms with van der Waals surface area (Å²) in [6.07, 6.45) is 5.86. The first-order chi connectivity index (χ1) is 7.07. The summed E-state index contributed by atoms with van der Waals surface area (Å²) in [5.74, 6) is 1.03. The number of fused-ring (bicyclic) bond motifs is 1. The van der Waals surface area contributed by atoms with Gasteiger partial charge < -0.3 is 4.74 Å². The van der Waals surface area contributed by atoms with Gasteiger partial charge in [0.15, 0.2) is 0 Å². The maximum absolute atomic E-state index is 11.7. The molecule has 0 aromatic carbocycles. The first-order valence-corrected chi connectivity index (χ1v) is 5.55. The Bertz CT molecular complexity index is 325. The van der Waals surface area contributed by atoms with E-state index in [-0.39, 0.29) is 11.4 Å². The zero-order valence-electron chi connectivity index (χ0n) is 9.45. The van der Waals surface area contributed by atoms with Crippen molar-refractivity contribution in [3.05, 3.63) is 24.3 Å². The summed E-state index contributed by atoms with van der Waals surface area (Å²) in [6.45, 7) is 8.35. The van der Waals surface area contributed by atoms with Gasteiger partial charge in [0.2, 0.25) is 0 Å². The lowest BCUT2D eigenvalue weighted by Gasteiger charge is -2.55. The molecular formula is C13H18O2. The summed E-state index contributed by atoms with van der Waals surface area (Å²) in [5, 5.41) is 0. The highest BCUT2D eigenvalue weighted by atomic mass is 16.5. The Hall–Kier alpha value is -1.05. The Morgan fingerprint density at radius 1 is 1.73 bits per heavy atom. The van der Waals surface area contributed by atoms with Crippen molar-refractivity contribution in [2.75, 3.05) is 6.61 Å². The molecule has 0 aliphatic heterocycles. The standard InChI is InChI=1S/C13H18O2/c1-4-7-15-12(14)10-6-5-9-8-11(10)13(9,2)3/h4,6,9,11H,1,5,7-8H2,2-3H3/t9-,11-/m0/s1. The maximum atomic E-state index is 11.7. The Kier molecular flexibility index (Phi) is 2.45. The molecule has 0 amide bonds. The van der Waals surface area contributed by atoms with Gasteiger partial charge in [-0.25, -0.2) is 4.79 Å². The van der Waals surface area contributed by atoms with Gasteiger partial charge in [0, 0.05) is 5.57 Å². The van der Waals surface area contributed by atoms with Crippen molar-refractivity contribution in [3.8, 4) is 0 Å². The second-order valence-corrected chi connectivity index (χ2v) is 5.09. The van der Waals surface area contributed by atoms with Crippen LogP contribution in [0.4, 0.5) is 0 Å². The van der Waals surface area contributed by atoms with Crippen LogP contribution in [0.25, 0.3) is 0 Å². The highest BCUT2D eigenvalue weighted by molar-refractivity contribution is 5.90. The van der Waals surface area contributed by atoms with Crippen LogP contribution < -0.4 is 0 Å². The molecule has 2 bridgehead atoms. The molecular weight excluding hydrogens is 188 g/mol. The molecule has 1 saturated carbocycles. The van der Waals surface area contributed by atoms with E-state index in [1.165, 1.54) is 0 Å². The van der Waals surface area contributed by atoms with E-state index in [4.69, 9.17) is 4.74 Å². The SMILES string of the molecule is C=CCOC(=O)C1=CC[C@H]2C[C@@H]1C2(C)C. The fourth-order valence-electron chi connectivity index (χ4n) is 2.80. The molecule has 0 spiro atoms. The van der Waals surface area contributed by atoms with Gasteiger partial charge in [0.05, 0.1) is 0 Å². The van der Waals surface area contributed by atoms with E-state index in [0.717, 1.165) is 24.3 Å². The van der Waals surface area contributed by atoms with Gasteiger partial charge in [-0.2, -0.15) is 0 Å². The summed E-state index contributed by atoms with van der Waals surface area (Å²) in [4.78, 5) is 11.7. The Morgan fingerprint density at radius 3 is 3.00 bits per heavy atom. The van der Waals surface area contributed by atoms with E-state index in [9.17, 15) is 4.79 Å². The lowest BCUT2D eigenvalue weighted by atomic mass is 9.49. The van der Waals surface area contributed by atoms with Crippen molar-refractivity contribution < 1.29 is 9.53 Å². The number of allylic oxidation sites excluding steroid dienone is 1. The molecule has 1 fully saturated rings. The van der Waals surface area contributed by atoms with Crippen molar-refractivity contribution in [1.82, 2.24) is 0 Å². The highest BCUT2D eigenvalue weighted by Crippen LogP contribution is 2.59. The van der Waals surface area contributed by atoms with E-state index in [2.05, 4.69) is 26.5 Å². The molecule has 0 N–H and O–H groups in total. The zero-order valence-corrected chi connectivity index (χ0v) is 9.45. The fourth-order valence-corrected chi connectivity index (χ4v) is 2.80. The zero-order chi connectivity index (χ0) is 11.1. The summed E-state index contributed by atoms with van der Waals surface area (Å²) in [7, 11) is 0. The molecule has 3 rings (SSSR count). The van der Waals surface area contributed by atoms with Crippen molar-refractivity contribution in [2.24, 2.45) is 17.3 Å². The molecule has 0 unspecified atom stereocenters. The minimum atomic E-state index is -0.147. The number of ether oxygens (including phenoxy) is 1. The number of esters is 1. The van der Waals surface area contributed by atoms with Gasteiger partial charge in [-0.15, -0.1) is 0 Å². The monoisotopic (exact) mass is 206 g/mol. The molecule has 3 aliphatic rings. The quantitative estimate of drug-likeness (QED) is 0.524. The number of carbonyl (C=O) groups is 1. The van der Waals surface area contributed by atoms with Crippen LogP contribution in [0.1, 0.15) is 26.7 Å². The first kappa shape index (κ1) is 10.5. The number of hydrogen-bond donors (Lipinski definition) is 0. The van der Waals surface area contributed by atoms with Crippen LogP contribution in [0.3, 0.4) is 0 Å². The van der Waals surface area contributed by atoms with E-state index in [0.29, 0.717) is 12.5 Å². The summed E-state index contributed by atoms with van der Waals surface area (Å²) < 4.78 is 5.09. The normalized spacial score (nSPS) is 31.2. The van der Waals surface area contributed by atoms with Crippen LogP contribution in [0, 0.1) is 17.3 Å². The van der Waals surface area contributed by atoms with Crippen LogP contribution >= 0.6 is 0 Å². The third kappa shape index (κ3) is 1.52. The molecule has 15 heavy (non-hydrogen) atoms. The lowest BCUT2D eigenvalue weighted by molar-refractivity contribution is -0.141. The average Bonchev–Trinajstić information content (AvgIpc) is 2.25. The summed E-state index contributed by atoms with van der Waals surface area (Å²) in [5.41, 5.74) is 1.18. The Labute approximate surface area is 91.0 Å². The molecule has 0 radical (unpaired) electrons. The molecule has 0 heterocycles. The smallest absolute Gasteiger partial charge is 0.334 e. The number of rotatable bonds is 3. The third-order valence-corrected chi connectivity index (χ3v) is 4.04. The molecule has 0 aromatic rings. The number of carbonyl (C=O) groups excluding carboxylic acids is 1. The van der Waals surface area contributed by atoms with E-state index < -0.39 is 0 Å². The lowest BCUT2D eigenvalue weighted by Crippen LogP contribution is -2.49. The molecule has 0 aromatic heterocycles. The predicted molar refractivity (Wildman–Crippen MR) is 59.2 cm³/mol. The second-order valence-electron chi connectivity index (χ2n) is 5.09. The topological polar surface area (TPSA) is 26.3 Å². The van der Waals surface area contributed by atoms with Crippen molar-refractivity contribution in [1.29, 1.82) is 0 Å². The second kappa shape index (κ2) is 3.51. The summed E-state index contributed by atoms with van der Waals surface area (Å²) >= 11 is 0. The van der Waals surface area contributed by atoms with Crippen LogP contribution in [-0.4, -0.2) is 12.6 Å². The van der Waals surface area contributed by atoms with Crippen LogP contribution in [-0.2, 0) is 9.53 Å². The van der Waals surface area contributed by atoms with Crippen LogP contribution in [0.2, 0.25) is 0 Å². The average molecular weight is 206 g/mol. The van der Waals surface area contributed by atoms with Gasteiger partial charge in [0.1, 0.15) is 6.61 Å². The molecule has 2 nitrogen and oxygen atoms in total. The van der Waals surface area contributed by atoms with Gasteiger partial charge in [0.25, 0.3) is 0 Å². The van der Waals surface area contributed by atoms with E-state index >= 15 is 0 Å². The Balaban J connectivity index is 2.07. The molecule has 0 saturated heterocycles. The molecule has 2 atom stereocenters. The summed E-state index contributed by atoms with van der Waals surface area (Å²) in [6, 6.07) is 0. The largest absolute Gasteiger partial charge is 0.458 e. The maximum Gasteiger partial charge on any atom is 0.334 e. The predicted octanol–water partition coefficient (Wildman–Crippen LogP) is 2.71. The molecule has 2 heteroatoms.